The van der Waals surface area contributed by atoms with Gasteiger partial charge in [0.05, 0.1) is 19.8 Å². The maximum atomic E-state index is 11.9. The van der Waals surface area contributed by atoms with Crippen molar-refractivity contribution in [3.05, 3.63) is 35.4 Å². The fourth-order valence-electron chi connectivity index (χ4n) is 1.47. The number of carbonyl (C=O) groups excluding carboxylic acids is 1. The number of amides is 1. The maximum Gasteiger partial charge on any atom is 0.251 e. The van der Waals surface area contributed by atoms with Gasteiger partial charge in [-0.15, -0.1) is 0 Å². The first-order valence-electron chi connectivity index (χ1n) is 6.09. The molecule has 1 amide bonds. The number of hydrogen-bond donors (Lipinski definition) is 1. The number of ether oxygens (including phenoxy) is 2. The molecule has 0 atom stereocenters. The van der Waals surface area contributed by atoms with Gasteiger partial charge in [-0.2, -0.15) is 0 Å². The van der Waals surface area contributed by atoms with E-state index in [0.29, 0.717) is 35.3 Å². The highest BCUT2D eigenvalue weighted by Gasteiger charge is 2.11. The monoisotopic (exact) mass is 283 g/mol. The lowest BCUT2D eigenvalue weighted by atomic mass is 10.2. The molecule has 0 aliphatic rings. The van der Waals surface area contributed by atoms with Crippen molar-refractivity contribution in [2.75, 3.05) is 19.8 Å². The van der Waals surface area contributed by atoms with Crippen molar-refractivity contribution in [3.63, 3.8) is 0 Å². The Morgan fingerprint density at radius 1 is 1.26 bits per heavy atom. The Hall–Kier alpha value is -1.68. The van der Waals surface area contributed by atoms with Crippen LogP contribution in [-0.4, -0.2) is 25.7 Å². The first kappa shape index (κ1) is 15.4. The van der Waals surface area contributed by atoms with Gasteiger partial charge in [0, 0.05) is 10.6 Å². The summed E-state index contributed by atoms with van der Waals surface area (Å²) < 4.78 is 10.9. The molecule has 0 spiro atoms. The van der Waals surface area contributed by atoms with Crippen LogP contribution < -0.4 is 14.8 Å². The molecule has 1 N–H and O–H groups in total. The van der Waals surface area contributed by atoms with Crippen LogP contribution in [0.5, 0.6) is 11.5 Å². The smallest absolute Gasteiger partial charge is 0.251 e. The zero-order chi connectivity index (χ0) is 14.3. The van der Waals surface area contributed by atoms with Gasteiger partial charge in [0.25, 0.3) is 5.91 Å². The molecule has 5 heteroatoms. The second-order valence-electron chi connectivity index (χ2n) is 3.73. The van der Waals surface area contributed by atoms with Crippen LogP contribution in [0.15, 0.2) is 29.8 Å². The molecule has 1 aromatic carbocycles. The molecular formula is C14H18ClNO3. The Bertz CT molecular complexity index is 460. The molecule has 104 valence electrons. The summed E-state index contributed by atoms with van der Waals surface area (Å²) >= 11 is 5.60. The lowest BCUT2D eigenvalue weighted by Crippen LogP contribution is -2.24. The van der Waals surface area contributed by atoms with Crippen LogP contribution in [0.4, 0.5) is 0 Å². The molecule has 0 unspecified atom stereocenters. The summed E-state index contributed by atoms with van der Waals surface area (Å²) in [4.78, 5) is 11.9. The van der Waals surface area contributed by atoms with E-state index in [4.69, 9.17) is 21.1 Å². The van der Waals surface area contributed by atoms with Crippen LogP contribution >= 0.6 is 11.6 Å². The minimum absolute atomic E-state index is 0.231. The summed E-state index contributed by atoms with van der Waals surface area (Å²) in [6, 6.07) is 5.06. The first-order valence-corrected chi connectivity index (χ1v) is 6.47. The van der Waals surface area contributed by atoms with Crippen LogP contribution in [0.1, 0.15) is 24.2 Å². The Balaban J connectivity index is 2.87. The number of rotatable bonds is 7. The summed E-state index contributed by atoms with van der Waals surface area (Å²) in [5.74, 6) is 0.954. The van der Waals surface area contributed by atoms with Gasteiger partial charge >= 0.3 is 0 Å². The first-order chi connectivity index (χ1) is 9.08. The van der Waals surface area contributed by atoms with E-state index in [9.17, 15) is 4.79 Å². The van der Waals surface area contributed by atoms with Crippen molar-refractivity contribution in [2.45, 2.75) is 13.8 Å². The van der Waals surface area contributed by atoms with Crippen molar-refractivity contribution in [1.82, 2.24) is 5.32 Å². The van der Waals surface area contributed by atoms with Gasteiger partial charge in [-0.1, -0.05) is 18.2 Å². The molecule has 0 saturated carbocycles. The Morgan fingerprint density at radius 2 is 1.89 bits per heavy atom. The van der Waals surface area contributed by atoms with Crippen molar-refractivity contribution in [3.8, 4) is 11.5 Å². The average molecular weight is 284 g/mol. The topological polar surface area (TPSA) is 47.6 Å². The molecule has 0 heterocycles. The summed E-state index contributed by atoms with van der Waals surface area (Å²) in [6.45, 7) is 8.56. The molecule has 0 aliphatic heterocycles. The van der Waals surface area contributed by atoms with Crippen LogP contribution in [0, 0.1) is 0 Å². The zero-order valence-corrected chi connectivity index (χ0v) is 11.9. The maximum absolute atomic E-state index is 11.9. The normalized spacial score (nSPS) is 9.84. The molecule has 4 nitrogen and oxygen atoms in total. The van der Waals surface area contributed by atoms with E-state index < -0.39 is 0 Å². The third-order valence-electron chi connectivity index (χ3n) is 2.25. The highest BCUT2D eigenvalue weighted by molar-refractivity contribution is 6.29. The van der Waals surface area contributed by atoms with Gasteiger partial charge in [-0.05, 0) is 32.0 Å². The second kappa shape index (κ2) is 7.69. The largest absolute Gasteiger partial charge is 0.490 e. The average Bonchev–Trinajstić information content (AvgIpc) is 2.38. The van der Waals surface area contributed by atoms with Crippen molar-refractivity contribution in [2.24, 2.45) is 0 Å². The van der Waals surface area contributed by atoms with Crippen LogP contribution in [0.25, 0.3) is 0 Å². The molecule has 0 aliphatic carbocycles. The Labute approximate surface area is 118 Å². The summed E-state index contributed by atoms with van der Waals surface area (Å²) in [6.07, 6.45) is 0. The molecule has 0 radical (unpaired) electrons. The molecule has 0 aromatic heterocycles. The summed E-state index contributed by atoms with van der Waals surface area (Å²) in [7, 11) is 0. The third kappa shape index (κ3) is 4.83. The molecule has 0 saturated heterocycles. The standard InChI is InChI=1S/C14H18ClNO3/c1-4-18-12-7-6-11(8-13(12)19-5-2)14(17)16-9-10(3)15/h6-8H,3-5,9H2,1-2H3,(H,16,17). The van der Waals surface area contributed by atoms with Gasteiger partial charge in [-0.25, -0.2) is 0 Å². The SMILES string of the molecule is C=C(Cl)CNC(=O)c1ccc(OCC)c(OCC)c1. The molecule has 0 fully saturated rings. The molecule has 1 rings (SSSR count). The lowest BCUT2D eigenvalue weighted by molar-refractivity contribution is 0.0957. The number of nitrogens with one attached hydrogen (secondary N) is 1. The van der Waals surface area contributed by atoms with E-state index in [1.165, 1.54) is 0 Å². The van der Waals surface area contributed by atoms with Crippen molar-refractivity contribution in [1.29, 1.82) is 0 Å². The number of halogens is 1. The Morgan fingerprint density at radius 3 is 2.47 bits per heavy atom. The van der Waals surface area contributed by atoms with E-state index >= 15 is 0 Å². The molecule has 19 heavy (non-hydrogen) atoms. The van der Waals surface area contributed by atoms with Crippen LogP contribution in [-0.2, 0) is 0 Å². The zero-order valence-electron chi connectivity index (χ0n) is 11.2. The fraction of sp³-hybridized carbons (Fsp3) is 0.357. The lowest BCUT2D eigenvalue weighted by Gasteiger charge is -2.12. The van der Waals surface area contributed by atoms with E-state index in [2.05, 4.69) is 11.9 Å². The molecule has 0 bridgehead atoms. The predicted octanol–water partition coefficient (Wildman–Crippen LogP) is 2.97. The quantitative estimate of drug-likeness (QED) is 0.837. The summed E-state index contributed by atoms with van der Waals surface area (Å²) in [5.41, 5.74) is 0.491. The van der Waals surface area contributed by atoms with E-state index in [1.807, 2.05) is 13.8 Å². The number of hydrogen-bond acceptors (Lipinski definition) is 3. The molecular weight excluding hydrogens is 266 g/mol. The van der Waals surface area contributed by atoms with Gasteiger partial charge < -0.3 is 14.8 Å². The third-order valence-corrected chi connectivity index (χ3v) is 2.38. The second-order valence-corrected chi connectivity index (χ2v) is 4.26. The van der Waals surface area contributed by atoms with Gasteiger partial charge in [0.15, 0.2) is 11.5 Å². The highest BCUT2D eigenvalue weighted by atomic mass is 35.5. The van der Waals surface area contributed by atoms with Gasteiger partial charge in [0.1, 0.15) is 0 Å². The van der Waals surface area contributed by atoms with Crippen LogP contribution in [0.2, 0.25) is 0 Å². The van der Waals surface area contributed by atoms with Crippen molar-refractivity contribution < 1.29 is 14.3 Å². The molecule has 1 aromatic rings. The van der Waals surface area contributed by atoms with Crippen molar-refractivity contribution >= 4 is 17.5 Å². The van der Waals surface area contributed by atoms with E-state index in [0.717, 1.165) is 0 Å². The van der Waals surface area contributed by atoms with E-state index in [-0.39, 0.29) is 12.5 Å². The fourth-order valence-corrected chi connectivity index (χ4v) is 1.54. The minimum atomic E-state index is -0.231. The number of benzene rings is 1. The van der Waals surface area contributed by atoms with Gasteiger partial charge in [-0.3, -0.25) is 4.79 Å². The van der Waals surface area contributed by atoms with E-state index in [1.54, 1.807) is 18.2 Å². The summed E-state index contributed by atoms with van der Waals surface area (Å²) in [5, 5.41) is 3.03. The number of carbonyl (C=O) groups is 1. The highest BCUT2D eigenvalue weighted by Crippen LogP contribution is 2.28. The van der Waals surface area contributed by atoms with Gasteiger partial charge in [0.2, 0.25) is 0 Å². The predicted molar refractivity (Wildman–Crippen MR) is 76.1 cm³/mol. The minimum Gasteiger partial charge on any atom is -0.490 e. The van der Waals surface area contributed by atoms with Crippen LogP contribution in [0.3, 0.4) is 0 Å². The Kier molecular flexibility index (Phi) is 6.22.